The Labute approximate surface area is 151 Å². The van der Waals surface area contributed by atoms with Crippen molar-refractivity contribution in [1.82, 2.24) is 15.1 Å². The molecular formula is C18H22ClN3O3. The summed E-state index contributed by atoms with van der Waals surface area (Å²) in [4.78, 5) is 23.9. The molecule has 0 spiro atoms. The van der Waals surface area contributed by atoms with Crippen LogP contribution in [-0.2, 0) is 11.8 Å². The van der Waals surface area contributed by atoms with Gasteiger partial charge in [0.15, 0.2) is 0 Å². The number of carbonyl (C=O) groups excluding carboxylic acids is 1. The molecule has 1 aromatic heterocycles. The Morgan fingerprint density at radius 1 is 1.32 bits per heavy atom. The highest BCUT2D eigenvalue weighted by molar-refractivity contribution is 6.33. The number of aryl methyl sites for hydroxylation is 1. The number of halogens is 1. The summed E-state index contributed by atoms with van der Waals surface area (Å²) < 4.78 is 1.54. The largest absolute Gasteiger partial charge is 0.481 e. The van der Waals surface area contributed by atoms with Gasteiger partial charge >= 0.3 is 5.97 Å². The number of hydrogen-bond donors (Lipinski definition) is 2. The molecule has 6 nitrogen and oxygen atoms in total. The fourth-order valence-corrected chi connectivity index (χ4v) is 2.88. The van der Waals surface area contributed by atoms with Crippen LogP contribution in [0.5, 0.6) is 0 Å². The van der Waals surface area contributed by atoms with Gasteiger partial charge in [-0.15, -0.1) is 0 Å². The zero-order valence-electron chi connectivity index (χ0n) is 14.5. The second kappa shape index (κ2) is 8.16. The van der Waals surface area contributed by atoms with Gasteiger partial charge < -0.3 is 10.4 Å². The van der Waals surface area contributed by atoms with E-state index < -0.39 is 11.9 Å². The Morgan fingerprint density at radius 3 is 2.60 bits per heavy atom. The van der Waals surface area contributed by atoms with E-state index in [1.54, 1.807) is 31.4 Å². The van der Waals surface area contributed by atoms with Crippen LogP contribution in [0.2, 0.25) is 5.02 Å². The SMILES string of the molecule is CC(C)CC(CNC(=O)c1cn(C)nc1-c1ccccc1Cl)C(=O)O. The smallest absolute Gasteiger partial charge is 0.308 e. The first-order valence-corrected chi connectivity index (χ1v) is 8.47. The number of nitrogens with zero attached hydrogens (tertiary/aromatic N) is 2. The van der Waals surface area contributed by atoms with Crippen LogP contribution < -0.4 is 5.32 Å². The lowest BCUT2D eigenvalue weighted by Crippen LogP contribution is -2.33. The minimum absolute atomic E-state index is 0.0726. The van der Waals surface area contributed by atoms with Crippen molar-refractivity contribution in [2.75, 3.05) is 6.54 Å². The van der Waals surface area contributed by atoms with Crippen LogP contribution in [0.15, 0.2) is 30.5 Å². The highest BCUT2D eigenvalue weighted by Gasteiger charge is 2.23. The van der Waals surface area contributed by atoms with E-state index >= 15 is 0 Å². The van der Waals surface area contributed by atoms with E-state index in [2.05, 4.69) is 10.4 Å². The predicted octanol–water partition coefficient (Wildman–Crippen LogP) is 3.22. The number of benzene rings is 1. The summed E-state index contributed by atoms with van der Waals surface area (Å²) in [5, 5.41) is 16.8. The van der Waals surface area contributed by atoms with Crippen LogP contribution in [0.3, 0.4) is 0 Å². The molecule has 1 unspecified atom stereocenters. The van der Waals surface area contributed by atoms with Crippen LogP contribution in [0.1, 0.15) is 30.6 Å². The third-order valence-electron chi connectivity index (χ3n) is 3.82. The Kier molecular flexibility index (Phi) is 6.20. The summed E-state index contributed by atoms with van der Waals surface area (Å²) in [6, 6.07) is 7.15. The number of aromatic nitrogens is 2. The Bertz CT molecular complexity index is 771. The lowest BCUT2D eigenvalue weighted by Gasteiger charge is -2.15. The van der Waals surface area contributed by atoms with E-state index in [4.69, 9.17) is 11.6 Å². The minimum Gasteiger partial charge on any atom is -0.481 e. The Hall–Kier alpha value is -2.34. The molecule has 0 saturated heterocycles. The van der Waals surface area contributed by atoms with Gasteiger partial charge in [0.2, 0.25) is 0 Å². The molecule has 0 bridgehead atoms. The number of carboxylic acid groups (broad SMARTS) is 1. The first-order valence-electron chi connectivity index (χ1n) is 8.09. The second-order valence-electron chi connectivity index (χ2n) is 6.42. The van der Waals surface area contributed by atoms with E-state index in [1.165, 1.54) is 4.68 Å². The number of aliphatic carboxylic acids is 1. The molecular weight excluding hydrogens is 342 g/mol. The molecule has 0 aliphatic carbocycles. The van der Waals surface area contributed by atoms with Crippen molar-refractivity contribution < 1.29 is 14.7 Å². The van der Waals surface area contributed by atoms with Gasteiger partial charge in [0, 0.05) is 25.4 Å². The van der Waals surface area contributed by atoms with Gasteiger partial charge in [-0.1, -0.05) is 43.6 Å². The fraction of sp³-hybridized carbons (Fsp3) is 0.389. The van der Waals surface area contributed by atoms with Gasteiger partial charge in [-0.25, -0.2) is 0 Å². The first-order chi connectivity index (χ1) is 11.8. The van der Waals surface area contributed by atoms with Gasteiger partial charge in [0.05, 0.1) is 16.5 Å². The number of carbonyl (C=O) groups is 2. The Balaban J connectivity index is 2.20. The van der Waals surface area contributed by atoms with E-state index in [0.717, 1.165) is 0 Å². The molecule has 1 aromatic carbocycles. The zero-order valence-corrected chi connectivity index (χ0v) is 15.2. The number of hydrogen-bond acceptors (Lipinski definition) is 3. The molecule has 0 radical (unpaired) electrons. The molecule has 1 heterocycles. The lowest BCUT2D eigenvalue weighted by atomic mass is 9.97. The highest BCUT2D eigenvalue weighted by Crippen LogP contribution is 2.29. The van der Waals surface area contributed by atoms with Gasteiger partial charge in [-0.3, -0.25) is 14.3 Å². The topological polar surface area (TPSA) is 84.2 Å². The van der Waals surface area contributed by atoms with Crippen molar-refractivity contribution in [3.05, 3.63) is 41.0 Å². The zero-order chi connectivity index (χ0) is 18.6. The summed E-state index contributed by atoms with van der Waals surface area (Å²) in [7, 11) is 1.72. The van der Waals surface area contributed by atoms with Gasteiger partial charge in [0.1, 0.15) is 5.69 Å². The van der Waals surface area contributed by atoms with Crippen LogP contribution in [-0.4, -0.2) is 33.3 Å². The molecule has 7 heteroatoms. The van der Waals surface area contributed by atoms with Crippen molar-refractivity contribution in [3.63, 3.8) is 0 Å². The summed E-state index contributed by atoms with van der Waals surface area (Å²) in [5.41, 5.74) is 1.50. The van der Waals surface area contributed by atoms with Gasteiger partial charge in [0.25, 0.3) is 5.91 Å². The number of nitrogens with one attached hydrogen (secondary N) is 1. The molecule has 1 amide bonds. The third-order valence-corrected chi connectivity index (χ3v) is 4.15. The van der Waals surface area contributed by atoms with Crippen LogP contribution in [0.25, 0.3) is 11.3 Å². The molecule has 2 N–H and O–H groups in total. The van der Waals surface area contributed by atoms with Crippen LogP contribution in [0.4, 0.5) is 0 Å². The maximum absolute atomic E-state index is 12.6. The van der Waals surface area contributed by atoms with E-state index in [-0.39, 0.29) is 18.4 Å². The van der Waals surface area contributed by atoms with E-state index in [1.807, 2.05) is 19.9 Å². The molecule has 2 rings (SSSR count). The normalized spacial score (nSPS) is 12.2. The number of rotatable bonds is 7. The summed E-state index contributed by atoms with van der Waals surface area (Å²) in [6.45, 7) is 3.98. The van der Waals surface area contributed by atoms with Crippen molar-refractivity contribution in [2.45, 2.75) is 20.3 Å². The first kappa shape index (κ1) is 19.0. The van der Waals surface area contributed by atoms with Gasteiger partial charge in [-0.2, -0.15) is 5.10 Å². The molecule has 0 saturated carbocycles. The molecule has 1 atom stereocenters. The van der Waals surface area contributed by atoms with Crippen molar-refractivity contribution in [2.24, 2.45) is 18.9 Å². The van der Waals surface area contributed by atoms with Crippen molar-refractivity contribution in [1.29, 1.82) is 0 Å². The molecule has 134 valence electrons. The average Bonchev–Trinajstić information content (AvgIpc) is 2.92. The maximum atomic E-state index is 12.6. The standard InChI is InChI=1S/C18H22ClN3O3/c1-11(2)8-12(18(24)25)9-20-17(23)14-10-22(3)21-16(14)13-6-4-5-7-15(13)19/h4-7,10-12H,8-9H2,1-3H3,(H,20,23)(H,24,25). The van der Waals surface area contributed by atoms with Crippen molar-refractivity contribution >= 4 is 23.5 Å². The Morgan fingerprint density at radius 2 is 2.00 bits per heavy atom. The fourth-order valence-electron chi connectivity index (χ4n) is 2.66. The second-order valence-corrected chi connectivity index (χ2v) is 6.83. The van der Waals surface area contributed by atoms with Crippen molar-refractivity contribution in [3.8, 4) is 11.3 Å². The number of amides is 1. The molecule has 0 fully saturated rings. The van der Waals surface area contributed by atoms with Crippen LogP contribution in [0, 0.1) is 11.8 Å². The van der Waals surface area contributed by atoms with Gasteiger partial charge in [-0.05, 0) is 18.4 Å². The average molecular weight is 364 g/mol. The molecule has 0 aliphatic rings. The summed E-state index contributed by atoms with van der Waals surface area (Å²) in [5.74, 6) is -1.66. The highest BCUT2D eigenvalue weighted by atomic mass is 35.5. The van der Waals surface area contributed by atoms with E-state index in [0.29, 0.717) is 28.3 Å². The predicted molar refractivity (Wildman–Crippen MR) is 96.6 cm³/mol. The molecule has 0 aliphatic heterocycles. The summed E-state index contributed by atoms with van der Waals surface area (Å²) >= 11 is 6.21. The van der Waals surface area contributed by atoms with E-state index in [9.17, 15) is 14.7 Å². The maximum Gasteiger partial charge on any atom is 0.308 e. The lowest BCUT2D eigenvalue weighted by molar-refractivity contribution is -0.142. The van der Waals surface area contributed by atoms with Crippen LogP contribution >= 0.6 is 11.6 Å². The third kappa shape index (κ3) is 4.82. The molecule has 2 aromatic rings. The molecule has 25 heavy (non-hydrogen) atoms. The monoisotopic (exact) mass is 363 g/mol. The number of carboxylic acids is 1. The quantitative estimate of drug-likeness (QED) is 0.791. The summed E-state index contributed by atoms with van der Waals surface area (Å²) in [6.07, 6.45) is 2.10. The minimum atomic E-state index is -0.911.